The molecule has 0 spiro atoms. The Labute approximate surface area is 169 Å². The summed E-state index contributed by atoms with van der Waals surface area (Å²) in [6.45, 7) is 12.4. The summed E-state index contributed by atoms with van der Waals surface area (Å²) >= 11 is 0. The molecule has 0 radical (unpaired) electrons. The van der Waals surface area contributed by atoms with Gasteiger partial charge in [0.15, 0.2) is 0 Å². The van der Waals surface area contributed by atoms with Gasteiger partial charge in [-0.1, -0.05) is 31.4 Å². The van der Waals surface area contributed by atoms with Gasteiger partial charge in [-0.05, 0) is 50.3 Å². The van der Waals surface area contributed by atoms with E-state index >= 15 is 0 Å². The molecule has 2 rings (SSSR count). The zero-order valence-corrected chi connectivity index (χ0v) is 16.6. The highest BCUT2D eigenvalue weighted by Gasteiger charge is 2.32. The molecule has 0 saturated carbocycles. The number of carbonyl (C=O) groups is 1. The molecule has 0 aliphatic carbocycles. The maximum Gasteiger partial charge on any atom is 0.433 e. The van der Waals surface area contributed by atoms with Gasteiger partial charge in [-0.3, -0.25) is 4.79 Å². The fraction of sp³-hybridized carbons (Fsp3) is 0.364. The molecule has 1 saturated heterocycles. The second kappa shape index (κ2) is 9.58. The molecular weight excluding hydrogens is 381 g/mol. The highest BCUT2D eigenvalue weighted by molar-refractivity contribution is 5.92. The number of rotatable bonds is 6. The van der Waals surface area contributed by atoms with Crippen LogP contribution in [-0.4, -0.2) is 28.9 Å². The number of hydrogen-bond acceptors (Lipinski definition) is 3. The molecule has 2 heterocycles. The van der Waals surface area contributed by atoms with Crippen molar-refractivity contribution in [3.63, 3.8) is 0 Å². The van der Waals surface area contributed by atoms with Crippen LogP contribution in [0.25, 0.3) is 0 Å². The number of alkyl halides is 3. The van der Waals surface area contributed by atoms with E-state index in [1.54, 1.807) is 11.8 Å². The van der Waals surface area contributed by atoms with Crippen LogP contribution < -0.4 is 4.74 Å². The van der Waals surface area contributed by atoms with E-state index in [-0.39, 0.29) is 17.6 Å². The molecule has 1 aromatic heterocycles. The van der Waals surface area contributed by atoms with Crippen LogP contribution >= 0.6 is 0 Å². The fourth-order valence-corrected chi connectivity index (χ4v) is 3.13. The van der Waals surface area contributed by atoms with Crippen molar-refractivity contribution in [1.82, 2.24) is 9.88 Å². The number of likely N-dealkylation sites (tertiary alicyclic amines) is 1. The zero-order valence-electron chi connectivity index (χ0n) is 16.6. The molecule has 1 aliphatic heterocycles. The maximum atomic E-state index is 12.7. The van der Waals surface area contributed by atoms with E-state index in [4.69, 9.17) is 4.74 Å². The summed E-state index contributed by atoms with van der Waals surface area (Å²) in [6.07, 6.45) is 3.62. The van der Waals surface area contributed by atoms with E-state index in [1.165, 1.54) is 6.07 Å². The number of aromatic nitrogens is 1. The average molecular weight is 406 g/mol. The summed E-state index contributed by atoms with van der Waals surface area (Å²) < 4.78 is 43.7. The zero-order chi connectivity index (χ0) is 21.6. The van der Waals surface area contributed by atoms with Gasteiger partial charge in [-0.25, -0.2) is 4.98 Å². The van der Waals surface area contributed by atoms with E-state index in [0.717, 1.165) is 30.7 Å². The van der Waals surface area contributed by atoms with Gasteiger partial charge in [-0.2, -0.15) is 13.2 Å². The van der Waals surface area contributed by atoms with Crippen LogP contribution in [0.5, 0.6) is 5.75 Å². The first-order valence-electron chi connectivity index (χ1n) is 9.31. The van der Waals surface area contributed by atoms with E-state index in [0.29, 0.717) is 24.4 Å². The van der Waals surface area contributed by atoms with Crippen molar-refractivity contribution >= 4 is 5.91 Å². The van der Waals surface area contributed by atoms with Crippen LogP contribution in [0, 0.1) is 5.92 Å². The molecule has 4 nitrogen and oxygen atoms in total. The van der Waals surface area contributed by atoms with E-state index < -0.39 is 11.9 Å². The Kier molecular flexibility index (Phi) is 7.42. The van der Waals surface area contributed by atoms with Crippen molar-refractivity contribution in [3.8, 4) is 5.75 Å². The first-order valence-corrected chi connectivity index (χ1v) is 9.31. The standard InChI is InChI=1S/C22H25F3N2O2/c1-5-6-7-19(17-10-12-27(13-11-17)21(28)15(2)3)16(4)29-18-8-9-20(26-14-18)22(23,24)25/h5-9,14,17H,2,4,10-13H2,1,3H3/b6-5-,19-7+. The predicted octanol–water partition coefficient (Wildman–Crippen LogP) is 5.31. The largest absolute Gasteiger partial charge is 0.456 e. The summed E-state index contributed by atoms with van der Waals surface area (Å²) in [4.78, 5) is 17.3. The average Bonchev–Trinajstić information content (AvgIpc) is 2.68. The number of ether oxygens (including phenoxy) is 1. The van der Waals surface area contributed by atoms with Gasteiger partial charge in [0.2, 0.25) is 5.91 Å². The highest BCUT2D eigenvalue weighted by Crippen LogP contribution is 2.32. The van der Waals surface area contributed by atoms with Crippen molar-refractivity contribution in [2.45, 2.75) is 32.9 Å². The topological polar surface area (TPSA) is 42.4 Å². The number of allylic oxidation sites excluding steroid dienone is 4. The van der Waals surface area contributed by atoms with Gasteiger partial charge >= 0.3 is 6.18 Å². The van der Waals surface area contributed by atoms with Gasteiger partial charge in [0.05, 0.1) is 6.20 Å². The molecule has 1 aromatic rings. The first kappa shape index (κ1) is 22.5. The molecule has 1 amide bonds. The lowest BCUT2D eigenvalue weighted by Gasteiger charge is -2.33. The molecule has 0 atom stereocenters. The van der Waals surface area contributed by atoms with E-state index in [2.05, 4.69) is 18.1 Å². The number of nitrogens with zero attached hydrogens (tertiary/aromatic N) is 2. The lowest BCUT2D eigenvalue weighted by Crippen LogP contribution is -2.39. The Balaban J connectivity index is 2.09. The summed E-state index contributed by atoms with van der Waals surface area (Å²) in [5.74, 6) is 0.613. The SMILES string of the molecule is C=C(C)C(=O)N1CCC(/C(=C/C=C\C)C(=C)Oc2ccc(C(F)(F)F)nc2)CC1. The maximum absolute atomic E-state index is 12.7. The molecule has 1 fully saturated rings. The van der Waals surface area contributed by atoms with E-state index in [9.17, 15) is 18.0 Å². The Hall–Kier alpha value is -2.83. The van der Waals surface area contributed by atoms with Crippen molar-refractivity contribution in [1.29, 1.82) is 0 Å². The molecular formula is C22H25F3N2O2. The Morgan fingerprint density at radius 3 is 2.41 bits per heavy atom. The van der Waals surface area contributed by atoms with Crippen LogP contribution in [0.15, 0.2) is 66.6 Å². The monoisotopic (exact) mass is 406 g/mol. The molecule has 0 unspecified atom stereocenters. The number of carbonyl (C=O) groups excluding carboxylic acids is 1. The minimum atomic E-state index is -4.50. The summed E-state index contributed by atoms with van der Waals surface area (Å²) in [6, 6.07) is 2.10. The summed E-state index contributed by atoms with van der Waals surface area (Å²) in [5, 5.41) is 0. The molecule has 0 bridgehead atoms. The van der Waals surface area contributed by atoms with Crippen molar-refractivity contribution in [2.24, 2.45) is 5.92 Å². The van der Waals surface area contributed by atoms with Gasteiger partial charge in [0.1, 0.15) is 17.2 Å². The molecule has 0 aromatic carbocycles. The molecule has 29 heavy (non-hydrogen) atoms. The molecule has 0 N–H and O–H groups in total. The van der Waals surface area contributed by atoms with Crippen LogP contribution in [0.2, 0.25) is 0 Å². The number of hydrogen-bond donors (Lipinski definition) is 0. The summed E-state index contributed by atoms with van der Waals surface area (Å²) in [7, 11) is 0. The van der Waals surface area contributed by atoms with Crippen LogP contribution in [0.1, 0.15) is 32.4 Å². The molecule has 156 valence electrons. The lowest BCUT2D eigenvalue weighted by molar-refractivity contribution is -0.141. The number of piperidine rings is 1. The van der Waals surface area contributed by atoms with Crippen molar-refractivity contribution in [2.75, 3.05) is 13.1 Å². The van der Waals surface area contributed by atoms with Gasteiger partial charge in [0, 0.05) is 18.7 Å². The Morgan fingerprint density at radius 2 is 1.93 bits per heavy atom. The predicted molar refractivity (Wildman–Crippen MR) is 106 cm³/mol. The Bertz CT molecular complexity index is 815. The second-order valence-electron chi connectivity index (χ2n) is 6.90. The lowest BCUT2D eigenvalue weighted by atomic mass is 9.87. The highest BCUT2D eigenvalue weighted by atomic mass is 19.4. The fourth-order valence-electron chi connectivity index (χ4n) is 3.13. The van der Waals surface area contributed by atoms with Gasteiger partial charge in [-0.15, -0.1) is 0 Å². The third kappa shape index (κ3) is 6.07. The minimum absolute atomic E-state index is 0.0478. The molecule has 1 aliphatic rings. The third-order valence-corrected chi connectivity index (χ3v) is 4.65. The van der Waals surface area contributed by atoms with Crippen molar-refractivity contribution in [3.05, 3.63) is 72.3 Å². The number of halogens is 3. The summed E-state index contributed by atoms with van der Waals surface area (Å²) in [5.41, 5.74) is 0.385. The Morgan fingerprint density at radius 1 is 1.28 bits per heavy atom. The number of pyridine rings is 1. The van der Waals surface area contributed by atoms with Gasteiger partial charge < -0.3 is 9.64 Å². The molecule has 7 heteroatoms. The quantitative estimate of drug-likeness (QED) is 0.365. The van der Waals surface area contributed by atoms with Crippen LogP contribution in [0.4, 0.5) is 13.2 Å². The third-order valence-electron chi connectivity index (χ3n) is 4.65. The smallest absolute Gasteiger partial charge is 0.433 e. The number of amides is 1. The van der Waals surface area contributed by atoms with Crippen molar-refractivity contribution < 1.29 is 22.7 Å². The normalized spacial score (nSPS) is 16.2. The first-order chi connectivity index (χ1) is 13.6. The second-order valence-corrected chi connectivity index (χ2v) is 6.90. The van der Waals surface area contributed by atoms with Crippen LogP contribution in [-0.2, 0) is 11.0 Å². The van der Waals surface area contributed by atoms with E-state index in [1.807, 2.05) is 25.2 Å². The minimum Gasteiger partial charge on any atom is -0.456 e. The van der Waals surface area contributed by atoms with Gasteiger partial charge in [0.25, 0.3) is 0 Å². The van der Waals surface area contributed by atoms with Crippen LogP contribution in [0.3, 0.4) is 0 Å².